The molecule has 0 saturated heterocycles. The molecule has 3 rings (SSSR count). The average Bonchev–Trinajstić information content (AvgIpc) is 2.60. The molecule has 152 valence electrons. The molecule has 0 saturated carbocycles. The highest BCUT2D eigenvalue weighted by molar-refractivity contribution is 7.92. The van der Waals surface area contributed by atoms with Gasteiger partial charge in [-0.3, -0.25) is 4.79 Å². The molecule has 0 aliphatic heterocycles. The molecular formula is C18H17F2N5O3S. The zero-order chi connectivity index (χ0) is 21.2. The Kier molecular flexibility index (Phi) is 5.59. The maximum atomic E-state index is 14.8. The molecule has 1 heterocycles. The number of aromatic nitrogens is 2. The van der Waals surface area contributed by atoms with Crippen LogP contribution in [0, 0.1) is 11.6 Å². The summed E-state index contributed by atoms with van der Waals surface area (Å²) in [5.41, 5.74) is 5.71. The van der Waals surface area contributed by atoms with Gasteiger partial charge in [-0.25, -0.2) is 23.0 Å². The van der Waals surface area contributed by atoms with E-state index in [2.05, 4.69) is 19.6 Å². The first-order chi connectivity index (χ1) is 13.6. The molecule has 0 aliphatic carbocycles. The first-order valence-electron chi connectivity index (χ1n) is 8.21. The number of ether oxygens (including phenoxy) is 1. The van der Waals surface area contributed by atoms with Crippen LogP contribution in [0.4, 0.5) is 26.0 Å². The molecular weight excluding hydrogens is 404 g/mol. The lowest BCUT2D eigenvalue weighted by atomic mass is 10.2. The van der Waals surface area contributed by atoms with Crippen molar-refractivity contribution in [2.75, 3.05) is 24.4 Å². The maximum absolute atomic E-state index is 14.8. The molecule has 3 N–H and O–H groups in total. The van der Waals surface area contributed by atoms with Gasteiger partial charge in [-0.15, -0.1) is 0 Å². The molecule has 0 spiro atoms. The Morgan fingerprint density at radius 2 is 2.00 bits per heavy atom. The fraction of sp³-hybridized carbons (Fsp3) is 0.167. The minimum absolute atomic E-state index is 0.000653. The third-order valence-electron chi connectivity index (χ3n) is 3.57. The van der Waals surface area contributed by atoms with E-state index in [9.17, 15) is 17.8 Å². The van der Waals surface area contributed by atoms with Gasteiger partial charge in [0.2, 0.25) is 0 Å². The van der Waals surface area contributed by atoms with E-state index >= 15 is 0 Å². The fourth-order valence-electron chi connectivity index (χ4n) is 2.52. The van der Waals surface area contributed by atoms with Crippen molar-refractivity contribution >= 4 is 43.7 Å². The molecule has 11 heteroatoms. The van der Waals surface area contributed by atoms with E-state index in [4.69, 9.17) is 10.5 Å². The number of halogens is 2. The van der Waals surface area contributed by atoms with Crippen molar-refractivity contribution in [1.29, 1.82) is 0 Å². The number of anilines is 2. The van der Waals surface area contributed by atoms with Crippen molar-refractivity contribution in [3.8, 4) is 5.75 Å². The predicted molar refractivity (Wildman–Crippen MR) is 106 cm³/mol. The van der Waals surface area contributed by atoms with Gasteiger partial charge in [0.25, 0.3) is 5.91 Å². The molecule has 0 bridgehead atoms. The normalized spacial score (nSPS) is 11.3. The number of nitrogens with zero attached hydrogens (tertiary/aromatic N) is 3. The van der Waals surface area contributed by atoms with E-state index in [1.165, 1.54) is 31.0 Å². The van der Waals surface area contributed by atoms with Crippen molar-refractivity contribution in [2.24, 2.45) is 10.1 Å². The Bertz CT molecular complexity index is 1220. The second-order valence-corrected chi connectivity index (χ2v) is 8.88. The Morgan fingerprint density at radius 3 is 2.69 bits per heavy atom. The number of nitrogens with two attached hydrogens (primary N) is 1. The molecule has 2 aromatic carbocycles. The number of hydrogen-bond acceptors (Lipinski definition) is 7. The second-order valence-electron chi connectivity index (χ2n) is 6.34. The van der Waals surface area contributed by atoms with E-state index in [-0.39, 0.29) is 33.8 Å². The van der Waals surface area contributed by atoms with Crippen LogP contribution in [-0.2, 0) is 14.5 Å². The first kappa shape index (κ1) is 20.4. The molecule has 1 aromatic heterocycles. The zero-order valence-electron chi connectivity index (χ0n) is 15.5. The fourth-order valence-corrected chi connectivity index (χ4v) is 3.14. The molecule has 1 amide bonds. The van der Waals surface area contributed by atoms with Crippen LogP contribution in [0.3, 0.4) is 0 Å². The maximum Gasteiger partial charge on any atom is 0.255 e. The van der Waals surface area contributed by atoms with E-state index in [0.29, 0.717) is 0 Å². The summed E-state index contributed by atoms with van der Waals surface area (Å²) in [4.78, 5) is 19.0. The molecule has 0 radical (unpaired) electrons. The van der Waals surface area contributed by atoms with Crippen LogP contribution in [0.2, 0.25) is 0 Å². The van der Waals surface area contributed by atoms with Gasteiger partial charge in [-0.2, -0.15) is 4.36 Å². The van der Waals surface area contributed by atoms with E-state index in [1.807, 2.05) is 0 Å². The van der Waals surface area contributed by atoms with Crippen LogP contribution in [0.25, 0.3) is 10.9 Å². The SMILES string of the molecule is CS(C)(=O)=Nc1cc(F)c2c(Nc3ccc(F)cc3OCC(N)=O)ncnc2c1. The Labute approximate surface area is 165 Å². The number of carbonyl (C=O) groups is 1. The quantitative estimate of drug-likeness (QED) is 0.632. The van der Waals surface area contributed by atoms with Crippen LogP contribution in [0.5, 0.6) is 5.75 Å². The van der Waals surface area contributed by atoms with Crippen LogP contribution in [0.15, 0.2) is 41.0 Å². The highest BCUT2D eigenvalue weighted by Gasteiger charge is 2.14. The predicted octanol–water partition coefficient (Wildman–Crippen LogP) is 2.87. The van der Waals surface area contributed by atoms with E-state index in [0.717, 1.165) is 18.2 Å². The molecule has 3 aromatic rings. The molecule has 0 unspecified atom stereocenters. The number of carbonyl (C=O) groups excluding carboxylic acids is 1. The number of amides is 1. The van der Waals surface area contributed by atoms with Gasteiger partial charge in [-0.1, -0.05) is 0 Å². The van der Waals surface area contributed by atoms with Crippen LogP contribution < -0.4 is 15.8 Å². The molecule has 0 aliphatic rings. The first-order valence-corrected chi connectivity index (χ1v) is 10.5. The number of benzene rings is 2. The minimum Gasteiger partial charge on any atom is -0.481 e. The summed E-state index contributed by atoms with van der Waals surface area (Å²) in [5, 5.41) is 2.90. The molecule has 0 fully saturated rings. The van der Waals surface area contributed by atoms with Crippen LogP contribution >= 0.6 is 0 Å². The smallest absolute Gasteiger partial charge is 0.255 e. The Balaban J connectivity index is 2.06. The van der Waals surface area contributed by atoms with Gasteiger partial charge in [0, 0.05) is 34.4 Å². The Hall–Kier alpha value is -3.34. The zero-order valence-corrected chi connectivity index (χ0v) is 16.3. The summed E-state index contributed by atoms with van der Waals surface area (Å²) < 4.78 is 49.4. The van der Waals surface area contributed by atoms with Crippen molar-refractivity contribution < 1.29 is 22.5 Å². The third kappa shape index (κ3) is 5.13. The van der Waals surface area contributed by atoms with Gasteiger partial charge in [0.15, 0.2) is 6.61 Å². The van der Waals surface area contributed by atoms with Gasteiger partial charge >= 0.3 is 0 Å². The average molecular weight is 421 g/mol. The molecule has 0 atom stereocenters. The van der Waals surface area contributed by atoms with Gasteiger partial charge in [0.05, 0.1) is 22.3 Å². The minimum atomic E-state index is -2.48. The third-order valence-corrected chi connectivity index (χ3v) is 4.22. The summed E-state index contributed by atoms with van der Waals surface area (Å²) in [6.07, 6.45) is 4.07. The van der Waals surface area contributed by atoms with Crippen molar-refractivity contribution in [2.45, 2.75) is 0 Å². The highest BCUT2D eigenvalue weighted by atomic mass is 32.2. The summed E-state index contributed by atoms with van der Waals surface area (Å²) in [5.74, 6) is -1.93. The van der Waals surface area contributed by atoms with Gasteiger partial charge in [-0.05, 0) is 18.2 Å². The number of fused-ring (bicyclic) bond motifs is 1. The van der Waals surface area contributed by atoms with Crippen molar-refractivity contribution in [3.05, 3.63) is 48.3 Å². The number of hydrogen-bond donors (Lipinski definition) is 2. The van der Waals surface area contributed by atoms with Gasteiger partial charge in [0.1, 0.15) is 29.5 Å². The van der Waals surface area contributed by atoms with Crippen LogP contribution in [-0.4, -0.2) is 39.2 Å². The summed E-state index contributed by atoms with van der Waals surface area (Å²) in [7, 11) is -2.48. The second kappa shape index (κ2) is 7.95. The van der Waals surface area contributed by atoms with Crippen LogP contribution in [0.1, 0.15) is 0 Å². The lowest BCUT2D eigenvalue weighted by molar-refractivity contribution is -0.119. The molecule has 8 nitrogen and oxygen atoms in total. The largest absolute Gasteiger partial charge is 0.481 e. The lowest BCUT2D eigenvalue weighted by Gasteiger charge is -2.14. The van der Waals surface area contributed by atoms with Gasteiger partial charge < -0.3 is 15.8 Å². The monoisotopic (exact) mass is 421 g/mol. The topological polar surface area (TPSA) is 120 Å². The summed E-state index contributed by atoms with van der Waals surface area (Å²) >= 11 is 0. The number of rotatable bonds is 6. The van der Waals surface area contributed by atoms with Crippen molar-refractivity contribution in [3.63, 3.8) is 0 Å². The summed E-state index contributed by atoms with van der Waals surface area (Å²) in [6.45, 7) is -0.463. The standard InChI is InChI=1S/C18H17F2N5O3S/c1-29(2,27)25-11-6-12(20)17-14(7-11)22-9-23-18(17)24-13-4-3-10(19)5-15(13)28-8-16(21)26/h3-7,9H,8H2,1-2H3,(H2,21,26)(H,22,23,24). The number of nitrogens with one attached hydrogen (secondary N) is 1. The van der Waals surface area contributed by atoms with Crippen molar-refractivity contribution in [1.82, 2.24) is 9.97 Å². The Morgan fingerprint density at radius 1 is 1.24 bits per heavy atom. The molecule has 29 heavy (non-hydrogen) atoms. The van der Waals surface area contributed by atoms with E-state index in [1.54, 1.807) is 0 Å². The lowest BCUT2D eigenvalue weighted by Crippen LogP contribution is -2.20. The summed E-state index contributed by atoms with van der Waals surface area (Å²) in [6, 6.07) is 6.17. The van der Waals surface area contributed by atoms with E-state index < -0.39 is 33.9 Å². The number of primary amides is 1. The highest BCUT2D eigenvalue weighted by Crippen LogP contribution is 2.33.